The number of nitrogens with one attached hydrogen (secondary N) is 2. The number of benzene rings is 1. The Kier molecular flexibility index (Phi) is 7.64. The molecule has 150 valence electrons. The first-order valence-corrected chi connectivity index (χ1v) is 10.2. The average Bonchev–Trinajstić information content (AvgIpc) is 3.30. The quantitative estimate of drug-likeness (QED) is 0.376. The summed E-state index contributed by atoms with van der Waals surface area (Å²) in [4.78, 5) is 4.36. The van der Waals surface area contributed by atoms with Crippen molar-refractivity contribution in [2.24, 2.45) is 4.99 Å². The molecule has 27 heavy (non-hydrogen) atoms. The predicted molar refractivity (Wildman–Crippen MR) is 119 cm³/mol. The zero-order chi connectivity index (χ0) is 17.8. The standard InChI is InChI=1S/C21H31N3O2.HI/c1-22-21(24-19-13-18-11-12-20(19)26-18)23-14-15-7-9-17(10-8-15)25-16-5-3-2-4-6-16;/h7-10,16,18-20H,2-6,11-14H2,1H3,(H2,22,23,24);1H. The maximum atomic E-state index is 6.10. The highest BCUT2D eigenvalue weighted by Gasteiger charge is 2.41. The van der Waals surface area contributed by atoms with Crippen molar-refractivity contribution in [2.45, 2.75) is 82.3 Å². The van der Waals surface area contributed by atoms with Gasteiger partial charge in [0.05, 0.1) is 24.4 Å². The molecule has 2 N–H and O–H groups in total. The molecule has 2 saturated heterocycles. The molecule has 1 aliphatic carbocycles. The maximum Gasteiger partial charge on any atom is 0.191 e. The van der Waals surface area contributed by atoms with Crippen LogP contribution >= 0.6 is 24.0 Å². The van der Waals surface area contributed by atoms with E-state index in [4.69, 9.17) is 9.47 Å². The lowest BCUT2D eigenvalue weighted by molar-refractivity contribution is 0.0992. The van der Waals surface area contributed by atoms with E-state index in [1.807, 2.05) is 7.05 Å². The van der Waals surface area contributed by atoms with Gasteiger partial charge in [-0.25, -0.2) is 0 Å². The Labute approximate surface area is 179 Å². The van der Waals surface area contributed by atoms with Crippen LogP contribution in [0.1, 0.15) is 56.9 Å². The van der Waals surface area contributed by atoms with E-state index in [0.29, 0.717) is 24.4 Å². The zero-order valence-corrected chi connectivity index (χ0v) is 18.5. The molecule has 0 amide bonds. The Hall–Kier alpha value is -1.02. The van der Waals surface area contributed by atoms with E-state index in [1.54, 1.807) is 0 Å². The van der Waals surface area contributed by atoms with Crippen LogP contribution in [0.4, 0.5) is 0 Å². The number of aliphatic imine (C=N–C) groups is 1. The first-order valence-electron chi connectivity index (χ1n) is 10.2. The van der Waals surface area contributed by atoms with Crippen molar-refractivity contribution in [3.05, 3.63) is 29.8 Å². The maximum absolute atomic E-state index is 6.10. The van der Waals surface area contributed by atoms with E-state index < -0.39 is 0 Å². The molecule has 6 heteroatoms. The highest BCUT2D eigenvalue weighted by atomic mass is 127. The van der Waals surface area contributed by atoms with Crippen LogP contribution in [0.5, 0.6) is 5.75 Å². The first-order chi connectivity index (χ1) is 12.8. The Morgan fingerprint density at radius 3 is 2.52 bits per heavy atom. The molecule has 0 radical (unpaired) electrons. The van der Waals surface area contributed by atoms with Gasteiger partial charge in [0.25, 0.3) is 0 Å². The van der Waals surface area contributed by atoms with Gasteiger partial charge in [-0.1, -0.05) is 18.6 Å². The molecule has 4 rings (SSSR count). The summed E-state index contributed by atoms with van der Waals surface area (Å²) in [7, 11) is 1.82. The second-order valence-corrected chi connectivity index (χ2v) is 7.81. The first kappa shape index (κ1) is 20.7. The third-order valence-corrected chi connectivity index (χ3v) is 5.89. The lowest BCUT2D eigenvalue weighted by Crippen LogP contribution is -2.47. The van der Waals surface area contributed by atoms with Crippen molar-refractivity contribution in [2.75, 3.05) is 7.05 Å². The topological polar surface area (TPSA) is 54.9 Å². The van der Waals surface area contributed by atoms with Crippen LogP contribution < -0.4 is 15.4 Å². The molecule has 2 bridgehead atoms. The number of guanidine groups is 1. The summed E-state index contributed by atoms with van der Waals surface area (Å²) in [5, 5.41) is 6.94. The minimum Gasteiger partial charge on any atom is -0.490 e. The van der Waals surface area contributed by atoms with E-state index in [-0.39, 0.29) is 24.0 Å². The Bertz CT molecular complexity index is 616. The smallest absolute Gasteiger partial charge is 0.191 e. The molecule has 2 heterocycles. The molecule has 3 fully saturated rings. The van der Waals surface area contributed by atoms with Crippen LogP contribution in [-0.4, -0.2) is 37.4 Å². The molecular formula is C21H32IN3O2. The van der Waals surface area contributed by atoms with Gasteiger partial charge in [-0.3, -0.25) is 4.99 Å². The number of halogens is 1. The van der Waals surface area contributed by atoms with Crippen LogP contribution in [0.15, 0.2) is 29.3 Å². The fourth-order valence-corrected chi connectivity index (χ4v) is 4.41. The number of rotatable bonds is 5. The van der Waals surface area contributed by atoms with Gasteiger partial charge in [-0.05, 0) is 62.6 Å². The largest absolute Gasteiger partial charge is 0.490 e. The minimum absolute atomic E-state index is 0. The summed E-state index contributed by atoms with van der Waals surface area (Å²) in [5.41, 5.74) is 1.23. The molecule has 1 saturated carbocycles. The van der Waals surface area contributed by atoms with Gasteiger partial charge in [-0.2, -0.15) is 0 Å². The molecule has 1 aromatic rings. The SMILES string of the molecule is CN=C(NCc1ccc(OC2CCCCC2)cc1)NC1CC2CCC1O2.I. The number of fused-ring (bicyclic) bond motifs is 2. The van der Waals surface area contributed by atoms with Crippen molar-refractivity contribution in [1.82, 2.24) is 10.6 Å². The van der Waals surface area contributed by atoms with Crippen molar-refractivity contribution in [3.63, 3.8) is 0 Å². The van der Waals surface area contributed by atoms with Crippen LogP contribution in [0.25, 0.3) is 0 Å². The van der Waals surface area contributed by atoms with Gasteiger partial charge in [0.1, 0.15) is 5.75 Å². The molecule has 2 aliphatic heterocycles. The Morgan fingerprint density at radius 2 is 1.89 bits per heavy atom. The third-order valence-electron chi connectivity index (χ3n) is 5.89. The summed E-state index contributed by atoms with van der Waals surface area (Å²) < 4.78 is 12.0. The lowest BCUT2D eigenvalue weighted by Gasteiger charge is -2.23. The van der Waals surface area contributed by atoms with Crippen LogP contribution in [0.2, 0.25) is 0 Å². The normalized spacial score (nSPS) is 27.9. The third kappa shape index (κ3) is 5.50. The van der Waals surface area contributed by atoms with Gasteiger partial charge in [0, 0.05) is 13.6 Å². The fraction of sp³-hybridized carbons (Fsp3) is 0.667. The molecular weight excluding hydrogens is 453 g/mol. The van der Waals surface area contributed by atoms with E-state index in [9.17, 15) is 0 Å². The van der Waals surface area contributed by atoms with Gasteiger partial charge < -0.3 is 20.1 Å². The summed E-state index contributed by atoms with van der Waals surface area (Å²) in [6.07, 6.45) is 11.0. The van der Waals surface area contributed by atoms with Crippen molar-refractivity contribution < 1.29 is 9.47 Å². The molecule has 3 aliphatic rings. The van der Waals surface area contributed by atoms with Crippen LogP contribution in [0.3, 0.4) is 0 Å². The molecule has 5 nitrogen and oxygen atoms in total. The Morgan fingerprint density at radius 1 is 1.11 bits per heavy atom. The second kappa shape index (κ2) is 9.96. The number of hydrogen-bond donors (Lipinski definition) is 2. The van der Waals surface area contributed by atoms with E-state index in [0.717, 1.165) is 24.7 Å². The monoisotopic (exact) mass is 485 g/mol. The number of ether oxygens (including phenoxy) is 2. The van der Waals surface area contributed by atoms with E-state index in [1.165, 1.54) is 50.5 Å². The molecule has 0 spiro atoms. The van der Waals surface area contributed by atoms with Crippen molar-refractivity contribution >= 4 is 29.9 Å². The highest BCUT2D eigenvalue weighted by Crippen LogP contribution is 2.34. The predicted octanol–water partition coefficient (Wildman–Crippen LogP) is 4.00. The van der Waals surface area contributed by atoms with Crippen molar-refractivity contribution in [1.29, 1.82) is 0 Å². The van der Waals surface area contributed by atoms with Gasteiger partial charge in [0.15, 0.2) is 5.96 Å². The summed E-state index contributed by atoms with van der Waals surface area (Å²) in [6, 6.07) is 8.85. The lowest BCUT2D eigenvalue weighted by atomic mass is 9.96. The fourth-order valence-electron chi connectivity index (χ4n) is 4.41. The number of hydrogen-bond acceptors (Lipinski definition) is 3. The van der Waals surface area contributed by atoms with Gasteiger partial charge in [0.2, 0.25) is 0 Å². The molecule has 0 aromatic heterocycles. The summed E-state index contributed by atoms with van der Waals surface area (Å²) in [6.45, 7) is 0.755. The molecule has 3 unspecified atom stereocenters. The zero-order valence-electron chi connectivity index (χ0n) is 16.2. The minimum atomic E-state index is 0. The summed E-state index contributed by atoms with van der Waals surface area (Å²) in [5.74, 6) is 1.84. The van der Waals surface area contributed by atoms with Crippen LogP contribution in [0, 0.1) is 0 Å². The van der Waals surface area contributed by atoms with Gasteiger partial charge in [-0.15, -0.1) is 24.0 Å². The number of nitrogens with zero attached hydrogens (tertiary/aromatic N) is 1. The second-order valence-electron chi connectivity index (χ2n) is 7.81. The summed E-state index contributed by atoms with van der Waals surface area (Å²) >= 11 is 0. The Balaban J connectivity index is 0.00000210. The molecule has 1 aromatic carbocycles. The van der Waals surface area contributed by atoms with E-state index >= 15 is 0 Å². The van der Waals surface area contributed by atoms with Gasteiger partial charge >= 0.3 is 0 Å². The molecule has 3 atom stereocenters. The van der Waals surface area contributed by atoms with Crippen molar-refractivity contribution in [3.8, 4) is 5.75 Å². The van der Waals surface area contributed by atoms with E-state index in [2.05, 4.69) is 39.9 Å². The average molecular weight is 485 g/mol. The highest BCUT2D eigenvalue weighted by molar-refractivity contribution is 14.0. The van der Waals surface area contributed by atoms with Crippen LogP contribution in [-0.2, 0) is 11.3 Å².